The van der Waals surface area contributed by atoms with Gasteiger partial charge in [0.25, 0.3) is 5.91 Å². The molecule has 0 saturated heterocycles. The van der Waals surface area contributed by atoms with Crippen molar-refractivity contribution in [1.82, 2.24) is 4.72 Å². The molecule has 0 bridgehead atoms. The Morgan fingerprint density at radius 1 is 1.06 bits per heavy atom. The third kappa shape index (κ3) is 6.28. The van der Waals surface area contributed by atoms with Crippen molar-refractivity contribution in [3.8, 4) is 5.75 Å². The van der Waals surface area contributed by atoms with E-state index in [0.717, 1.165) is 31.7 Å². The second-order valence-electron chi connectivity index (χ2n) is 7.22. The lowest BCUT2D eigenvalue weighted by Crippen LogP contribution is -2.32. The fourth-order valence-corrected chi connectivity index (χ4v) is 5.11. The average Bonchev–Trinajstić information content (AvgIpc) is 3.20. The van der Waals surface area contributed by atoms with E-state index in [4.69, 9.17) is 27.9 Å². The molecule has 1 fully saturated rings. The van der Waals surface area contributed by atoms with Gasteiger partial charge in [0.2, 0.25) is 10.0 Å². The predicted octanol–water partition coefficient (Wildman–Crippen LogP) is 5.25. The largest absolute Gasteiger partial charge is 0.482 e. The number of anilines is 1. The molecule has 6 nitrogen and oxygen atoms in total. The number of alkyl halides is 3. The smallest absolute Gasteiger partial charge is 0.417 e. The molecule has 0 atom stereocenters. The molecule has 0 aromatic heterocycles. The first-order valence-corrected chi connectivity index (χ1v) is 11.8. The van der Waals surface area contributed by atoms with Crippen LogP contribution in [0.4, 0.5) is 18.9 Å². The molecule has 3 rings (SSSR count). The fourth-order valence-electron chi connectivity index (χ4n) is 3.26. The van der Waals surface area contributed by atoms with Gasteiger partial charge in [-0.05, 0) is 49.2 Å². The SMILES string of the molecule is O=C(COc1ccc(S(=O)(=O)NC2CCCC2)cc1Cl)Nc1ccc(Cl)c(C(F)(F)F)c1. The van der Waals surface area contributed by atoms with E-state index in [9.17, 15) is 26.4 Å². The molecule has 2 aromatic rings. The maximum Gasteiger partial charge on any atom is 0.417 e. The Kier molecular flexibility index (Phi) is 7.59. The van der Waals surface area contributed by atoms with Gasteiger partial charge < -0.3 is 10.1 Å². The first-order valence-electron chi connectivity index (χ1n) is 9.57. The number of carbonyl (C=O) groups is 1. The number of hydrogen-bond acceptors (Lipinski definition) is 4. The Morgan fingerprint density at radius 2 is 1.75 bits per heavy atom. The molecular formula is C20H19Cl2F3N2O4S. The molecule has 0 heterocycles. The first-order chi connectivity index (χ1) is 15.0. The van der Waals surface area contributed by atoms with Crippen LogP contribution in [0.15, 0.2) is 41.3 Å². The molecule has 174 valence electrons. The summed E-state index contributed by atoms with van der Waals surface area (Å²) in [4.78, 5) is 12.0. The van der Waals surface area contributed by atoms with Crippen LogP contribution in [0.3, 0.4) is 0 Å². The van der Waals surface area contributed by atoms with Crippen LogP contribution in [0.2, 0.25) is 10.0 Å². The quantitative estimate of drug-likeness (QED) is 0.532. The van der Waals surface area contributed by atoms with Gasteiger partial charge in [0.1, 0.15) is 5.75 Å². The third-order valence-electron chi connectivity index (χ3n) is 4.80. The van der Waals surface area contributed by atoms with Crippen molar-refractivity contribution >= 4 is 44.8 Å². The van der Waals surface area contributed by atoms with Crippen molar-refractivity contribution < 1.29 is 31.1 Å². The van der Waals surface area contributed by atoms with Gasteiger partial charge in [-0.1, -0.05) is 36.0 Å². The number of nitrogens with one attached hydrogen (secondary N) is 2. The number of rotatable bonds is 7. The summed E-state index contributed by atoms with van der Waals surface area (Å²) in [6, 6.07) is 6.67. The summed E-state index contributed by atoms with van der Waals surface area (Å²) >= 11 is 11.6. The van der Waals surface area contributed by atoms with Gasteiger partial charge in [0.05, 0.1) is 20.5 Å². The zero-order chi connectivity index (χ0) is 23.5. The molecule has 1 aliphatic rings. The van der Waals surface area contributed by atoms with E-state index in [0.29, 0.717) is 6.07 Å². The maximum atomic E-state index is 12.9. The topological polar surface area (TPSA) is 84.5 Å². The summed E-state index contributed by atoms with van der Waals surface area (Å²) in [6.07, 6.45) is -1.17. The van der Waals surface area contributed by atoms with Gasteiger partial charge in [-0.3, -0.25) is 4.79 Å². The summed E-state index contributed by atoms with van der Waals surface area (Å²) in [7, 11) is -3.75. The number of amides is 1. The first kappa shape index (κ1) is 24.6. The highest BCUT2D eigenvalue weighted by Gasteiger charge is 2.33. The molecule has 2 N–H and O–H groups in total. The highest BCUT2D eigenvalue weighted by Crippen LogP contribution is 2.36. The number of sulfonamides is 1. The molecule has 1 saturated carbocycles. The van der Waals surface area contributed by atoms with E-state index in [1.165, 1.54) is 24.3 Å². The molecule has 0 unspecified atom stereocenters. The Hall–Kier alpha value is -2.01. The van der Waals surface area contributed by atoms with Gasteiger partial charge in [-0.25, -0.2) is 13.1 Å². The second-order valence-corrected chi connectivity index (χ2v) is 9.75. The summed E-state index contributed by atoms with van der Waals surface area (Å²) < 4.78 is 71.7. The van der Waals surface area contributed by atoms with Crippen molar-refractivity contribution in [2.75, 3.05) is 11.9 Å². The Balaban J connectivity index is 1.61. The summed E-state index contributed by atoms with van der Waals surface area (Å²) in [5, 5.41) is 1.76. The minimum Gasteiger partial charge on any atom is -0.482 e. The average molecular weight is 511 g/mol. The fraction of sp³-hybridized carbons (Fsp3) is 0.350. The van der Waals surface area contributed by atoms with E-state index in [1.54, 1.807) is 0 Å². The van der Waals surface area contributed by atoms with Gasteiger partial charge in [0, 0.05) is 11.7 Å². The summed E-state index contributed by atoms with van der Waals surface area (Å²) in [5.41, 5.74) is -1.19. The zero-order valence-electron chi connectivity index (χ0n) is 16.5. The van der Waals surface area contributed by atoms with Crippen LogP contribution < -0.4 is 14.8 Å². The van der Waals surface area contributed by atoms with Crippen LogP contribution in [0.5, 0.6) is 5.75 Å². The Bertz CT molecular complexity index is 1100. The molecule has 32 heavy (non-hydrogen) atoms. The second kappa shape index (κ2) is 9.86. The van der Waals surface area contributed by atoms with Crippen LogP contribution >= 0.6 is 23.2 Å². The molecule has 0 aliphatic heterocycles. The monoisotopic (exact) mass is 510 g/mol. The summed E-state index contributed by atoms with van der Waals surface area (Å²) in [6.45, 7) is -0.559. The van der Waals surface area contributed by atoms with E-state index in [1.807, 2.05) is 0 Å². The number of hydrogen-bond donors (Lipinski definition) is 2. The van der Waals surface area contributed by atoms with Crippen molar-refractivity contribution in [3.63, 3.8) is 0 Å². The lowest BCUT2D eigenvalue weighted by atomic mass is 10.2. The number of halogens is 5. The van der Waals surface area contributed by atoms with Crippen LogP contribution in [-0.2, 0) is 21.0 Å². The molecule has 2 aromatic carbocycles. The normalized spacial score (nSPS) is 15.0. The van der Waals surface area contributed by atoms with E-state index in [-0.39, 0.29) is 27.4 Å². The molecule has 0 spiro atoms. The van der Waals surface area contributed by atoms with Gasteiger partial charge in [-0.15, -0.1) is 0 Å². The molecule has 12 heteroatoms. The van der Waals surface area contributed by atoms with Gasteiger partial charge >= 0.3 is 6.18 Å². The minimum atomic E-state index is -4.67. The van der Waals surface area contributed by atoms with E-state index in [2.05, 4.69) is 10.0 Å². The van der Waals surface area contributed by atoms with Crippen molar-refractivity contribution in [3.05, 3.63) is 52.0 Å². The van der Waals surface area contributed by atoms with Crippen molar-refractivity contribution in [1.29, 1.82) is 0 Å². The van der Waals surface area contributed by atoms with E-state index < -0.39 is 39.3 Å². The Morgan fingerprint density at radius 3 is 2.38 bits per heavy atom. The lowest BCUT2D eigenvalue weighted by molar-refractivity contribution is -0.137. The predicted molar refractivity (Wildman–Crippen MR) is 115 cm³/mol. The minimum absolute atomic E-state index is 0.0297. The van der Waals surface area contributed by atoms with Crippen molar-refractivity contribution in [2.45, 2.75) is 42.8 Å². The standard InChI is InChI=1S/C20H19Cl2F3N2O4S/c21-16-7-5-13(9-15(16)20(23,24)25)26-19(28)11-31-18-8-6-14(10-17(18)22)32(29,30)27-12-3-1-2-4-12/h5-10,12,27H,1-4,11H2,(H,26,28). The molecule has 0 radical (unpaired) electrons. The van der Waals surface area contributed by atoms with Crippen LogP contribution in [0.25, 0.3) is 0 Å². The number of benzene rings is 2. The van der Waals surface area contributed by atoms with E-state index >= 15 is 0 Å². The van der Waals surface area contributed by atoms with Crippen LogP contribution in [0.1, 0.15) is 31.2 Å². The van der Waals surface area contributed by atoms with Crippen LogP contribution in [-0.4, -0.2) is 27.0 Å². The summed E-state index contributed by atoms with van der Waals surface area (Å²) in [5.74, 6) is -0.690. The zero-order valence-corrected chi connectivity index (χ0v) is 18.8. The molecule has 1 aliphatic carbocycles. The van der Waals surface area contributed by atoms with Crippen LogP contribution in [0, 0.1) is 0 Å². The van der Waals surface area contributed by atoms with Gasteiger partial charge in [-0.2, -0.15) is 13.2 Å². The molecular weight excluding hydrogens is 492 g/mol. The maximum absolute atomic E-state index is 12.9. The highest BCUT2D eigenvalue weighted by molar-refractivity contribution is 7.89. The molecule has 1 amide bonds. The number of ether oxygens (including phenoxy) is 1. The third-order valence-corrected chi connectivity index (χ3v) is 6.95. The van der Waals surface area contributed by atoms with Crippen molar-refractivity contribution in [2.24, 2.45) is 0 Å². The number of carbonyl (C=O) groups excluding carboxylic acids is 1. The lowest BCUT2D eigenvalue weighted by Gasteiger charge is -2.14. The Labute approximate surface area is 193 Å². The highest BCUT2D eigenvalue weighted by atomic mass is 35.5. The van der Waals surface area contributed by atoms with Gasteiger partial charge in [0.15, 0.2) is 6.61 Å².